The largest absolute Gasteiger partial charge is 0.481 e. The molecule has 0 fully saturated rings. The van der Waals surface area contributed by atoms with Gasteiger partial charge in [-0.3, -0.25) is 4.79 Å². The van der Waals surface area contributed by atoms with Gasteiger partial charge in [0.2, 0.25) is 0 Å². The second-order valence-corrected chi connectivity index (χ2v) is 4.15. The molecule has 0 unspecified atom stereocenters. The summed E-state index contributed by atoms with van der Waals surface area (Å²) in [4.78, 5) is 11.6. The molecule has 19 heavy (non-hydrogen) atoms. The lowest BCUT2D eigenvalue weighted by atomic mass is 10.3. The van der Waals surface area contributed by atoms with Crippen LogP contribution in [0.4, 0.5) is 10.1 Å². The van der Waals surface area contributed by atoms with Gasteiger partial charge in [0.1, 0.15) is 0 Å². The summed E-state index contributed by atoms with van der Waals surface area (Å²) in [5.74, 6) is -0.874. The number of carbonyl (C=O) groups is 1. The van der Waals surface area contributed by atoms with Crippen molar-refractivity contribution in [2.24, 2.45) is 0 Å². The Morgan fingerprint density at radius 2 is 1.84 bits per heavy atom. The number of ether oxygens (including phenoxy) is 1. The molecule has 1 amide bonds. The summed E-state index contributed by atoms with van der Waals surface area (Å²) in [5, 5.41) is 3.01. The van der Waals surface area contributed by atoms with Crippen molar-refractivity contribution in [3.8, 4) is 5.75 Å². The average molecular weight is 280 g/mol. The van der Waals surface area contributed by atoms with E-state index in [1.807, 2.05) is 0 Å². The smallest absolute Gasteiger partial charge is 0.262 e. The van der Waals surface area contributed by atoms with Crippen molar-refractivity contribution in [3.05, 3.63) is 59.4 Å². The van der Waals surface area contributed by atoms with Crippen LogP contribution in [0.25, 0.3) is 0 Å². The molecule has 0 radical (unpaired) electrons. The number of halogens is 2. The molecular weight excluding hydrogens is 269 g/mol. The van der Waals surface area contributed by atoms with Crippen LogP contribution in [0.15, 0.2) is 48.5 Å². The lowest BCUT2D eigenvalue weighted by Crippen LogP contribution is -2.20. The molecule has 0 aliphatic rings. The van der Waals surface area contributed by atoms with E-state index in [9.17, 15) is 9.18 Å². The van der Waals surface area contributed by atoms with Crippen LogP contribution < -0.4 is 10.1 Å². The van der Waals surface area contributed by atoms with Gasteiger partial charge in [-0.25, -0.2) is 4.39 Å². The summed E-state index contributed by atoms with van der Waals surface area (Å²) in [6.07, 6.45) is 0. The quantitative estimate of drug-likeness (QED) is 0.930. The molecule has 2 rings (SSSR count). The first kappa shape index (κ1) is 13.4. The highest BCUT2D eigenvalue weighted by molar-refractivity contribution is 6.33. The van der Waals surface area contributed by atoms with Crippen molar-refractivity contribution in [1.29, 1.82) is 0 Å². The van der Waals surface area contributed by atoms with Crippen molar-refractivity contribution in [2.45, 2.75) is 0 Å². The molecule has 3 nitrogen and oxygen atoms in total. The van der Waals surface area contributed by atoms with Crippen LogP contribution in [-0.4, -0.2) is 12.5 Å². The topological polar surface area (TPSA) is 38.3 Å². The highest BCUT2D eigenvalue weighted by atomic mass is 35.5. The number of nitrogens with one attached hydrogen (secondary N) is 1. The van der Waals surface area contributed by atoms with Gasteiger partial charge in [-0.2, -0.15) is 0 Å². The van der Waals surface area contributed by atoms with Gasteiger partial charge in [0.15, 0.2) is 18.2 Å². The Labute approximate surface area is 115 Å². The van der Waals surface area contributed by atoms with Gasteiger partial charge in [-0.1, -0.05) is 35.9 Å². The molecule has 0 spiro atoms. The zero-order valence-corrected chi connectivity index (χ0v) is 10.7. The Hall–Kier alpha value is -2.07. The maximum atomic E-state index is 13.3. The summed E-state index contributed by atoms with van der Waals surface area (Å²) >= 11 is 5.90. The van der Waals surface area contributed by atoms with Gasteiger partial charge in [0.05, 0.1) is 10.7 Å². The zero-order chi connectivity index (χ0) is 13.7. The van der Waals surface area contributed by atoms with Crippen LogP contribution in [0.3, 0.4) is 0 Å². The third-order valence-electron chi connectivity index (χ3n) is 2.34. The molecule has 0 saturated heterocycles. The Kier molecular flexibility index (Phi) is 4.36. The summed E-state index contributed by atoms with van der Waals surface area (Å²) < 4.78 is 18.3. The fraction of sp³-hybridized carbons (Fsp3) is 0.0714. The summed E-state index contributed by atoms with van der Waals surface area (Å²) in [6.45, 7) is -0.286. The maximum Gasteiger partial charge on any atom is 0.262 e. The van der Waals surface area contributed by atoms with Crippen LogP contribution in [0.5, 0.6) is 5.75 Å². The molecule has 0 saturated carbocycles. The third-order valence-corrected chi connectivity index (χ3v) is 2.67. The average Bonchev–Trinajstić information content (AvgIpc) is 2.40. The minimum atomic E-state index is -0.506. The summed E-state index contributed by atoms with van der Waals surface area (Å²) in [7, 11) is 0. The van der Waals surface area contributed by atoms with Gasteiger partial charge in [-0.15, -0.1) is 0 Å². The number of hydrogen-bond donors (Lipinski definition) is 1. The van der Waals surface area contributed by atoms with Crippen molar-refractivity contribution in [1.82, 2.24) is 0 Å². The highest BCUT2D eigenvalue weighted by Crippen LogP contribution is 2.20. The standard InChI is InChI=1S/C14H11ClFNO2/c15-10-5-1-3-7-12(10)17-14(18)9-19-13-8-4-2-6-11(13)16/h1-8H,9H2,(H,17,18). The Bertz CT molecular complexity index is 589. The SMILES string of the molecule is O=C(COc1ccccc1F)Nc1ccccc1Cl. The van der Waals surface area contributed by atoms with Crippen LogP contribution in [-0.2, 0) is 4.79 Å². The number of para-hydroxylation sites is 2. The van der Waals surface area contributed by atoms with Crippen molar-refractivity contribution >= 4 is 23.2 Å². The fourth-order valence-electron chi connectivity index (χ4n) is 1.45. The van der Waals surface area contributed by atoms with Crippen LogP contribution >= 0.6 is 11.6 Å². The molecule has 0 heterocycles. The molecule has 2 aromatic rings. The second-order valence-electron chi connectivity index (χ2n) is 3.75. The highest BCUT2D eigenvalue weighted by Gasteiger charge is 2.08. The van der Waals surface area contributed by atoms with Gasteiger partial charge >= 0.3 is 0 Å². The third kappa shape index (κ3) is 3.69. The Morgan fingerprint density at radius 3 is 2.58 bits per heavy atom. The zero-order valence-electron chi connectivity index (χ0n) is 9.90. The molecule has 5 heteroatoms. The molecule has 0 atom stereocenters. The molecule has 2 aromatic carbocycles. The van der Waals surface area contributed by atoms with Crippen molar-refractivity contribution in [2.75, 3.05) is 11.9 Å². The molecule has 0 aliphatic carbocycles. The van der Waals surface area contributed by atoms with E-state index in [0.717, 1.165) is 0 Å². The van der Waals surface area contributed by atoms with E-state index in [0.29, 0.717) is 10.7 Å². The van der Waals surface area contributed by atoms with E-state index in [-0.39, 0.29) is 12.4 Å². The molecular formula is C14H11ClFNO2. The molecule has 0 aliphatic heterocycles. The van der Waals surface area contributed by atoms with Crippen molar-refractivity contribution < 1.29 is 13.9 Å². The van der Waals surface area contributed by atoms with Crippen LogP contribution in [0.2, 0.25) is 5.02 Å². The van der Waals surface area contributed by atoms with Crippen molar-refractivity contribution in [3.63, 3.8) is 0 Å². The van der Waals surface area contributed by atoms with Gasteiger partial charge in [-0.05, 0) is 24.3 Å². The van der Waals surface area contributed by atoms with E-state index < -0.39 is 11.7 Å². The molecule has 1 N–H and O–H groups in total. The fourth-order valence-corrected chi connectivity index (χ4v) is 1.64. The van der Waals surface area contributed by atoms with Gasteiger partial charge in [0.25, 0.3) is 5.91 Å². The summed E-state index contributed by atoms with van der Waals surface area (Å²) in [5.41, 5.74) is 0.492. The van der Waals surface area contributed by atoms with E-state index >= 15 is 0 Å². The van der Waals surface area contributed by atoms with Gasteiger partial charge < -0.3 is 10.1 Å². The first-order chi connectivity index (χ1) is 9.16. The molecule has 0 bridgehead atoms. The van der Waals surface area contributed by atoms with E-state index in [2.05, 4.69) is 5.32 Å². The first-order valence-corrected chi connectivity index (χ1v) is 5.96. The predicted octanol–water partition coefficient (Wildman–Crippen LogP) is 3.50. The first-order valence-electron chi connectivity index (χ1n) is 5.58. The van der Waals surface area contributed by atoms with E-state index in [1.54, 1.807) is 36.4 Å². The number of benzene rings is 2. The lowest BCUT2D eigenvalue weighted by molar-refractivity contribution is -0.118. The van der Waals surface area contributed by atoms with Crippen LogP contribution in [0.1, 0.15) is 0 Å². The number of anilines is 1. The predicted molar refractivity (Wildman–Crippen MR) is 72.0 cm³/mol. The Morgan fingerprint density at radius 1 is 1.16 bits per heavy atom. The minimum absolute atomic E-state index is 0.0387. The molecule has 0 aromatic heterocycles. The number of hydrogen-bond acceptors (Lipinski definition) is 2. The number of amides is 1. The van der Waals surface area contributed by atoms with E-state index in [4.69, 9.17) is 16.3 Å². The van der Waals surface area contributed by atoms with Gasteiger partial charge in [0, 0.05) is 0 Å². The normalized spacial score (nSPS) is 10.0. The van der Waals surface area contributed by atoms with E-state index in [1.165, 1.54) is 12.1 Å². The number of carbonyl (C=O) groups excluding carboxylic acids is 1. The number of rotatable bonds is 4. The second kappa shape index (κ2) is 6.20. The lowest BCUT2D eigenvalue weighted by Gasteiger charge is -2.09. The summed E-state index contributed by atoms with van der Waals surface area (Å²) in [6, 6.07) is 12.7. The maximum absolute atomic E-state index is 13.3. The monoisotopic (exact) mass is 279 g/mol. The molecule has 98 valence electrons. The van der Waals surface area contributed by atoms with Crippen LogP contribution in [0, 0.1) is 5.82 Å². The minimum Gasteiger partial charge on any atom is -0.481 e. The Balaban J connectivity index is 1.92.